The summed E-state index contributed by atoms with van der Waals surface area (Å²) in [6.45, 7) is 6.70. The summed E-state index contributed by atoms with van der Waals surface area (Å²) < 4.78 is 68.2. The highest BCUT2D eigenvalue weighted by Crippen LogP contribution is 2.43. The Hall–Kier alpha value is -3.48. The third-order valence-electron chi connectivity index (χ3n) is 8.52. The number of alkyl halides is 4. The number of aromatic nitrogens is 3. The molecule has 3 saturated heterocycles. The normalized spacial score (nSPS) is 24.9. The van der Waals surface area contributed by atoms with Crippen molar-refractivity contribution < 1.29 is 26.7 Å². The molecule has 3 aliphatic heterocycles. The van der Waals surface area contributed by atoms with Gasteiger partial charge in [-0.25, -0.2) is 14.2 Å². The topological polar surface area (TPSA) is 111 Å². The molecule has 0 saturated carbocycles. The molecule has 3 fully saturated rings. The molecule has 0 aliphatic carbocycles. The number of hydrogen-bond acceptors (Lipinski definition) is 9. The van der Waals surface area contributed by atoms with Gasteiger partial charge in [-0.15, -0.1) is 0 Å². The van der Waals surface area contributed by atoms with Gasteiger partial charge in [-0.1, -0.05) is 0 Å². The number of ether oxygens (including phenoxy) is 1. The molecule has 40 heavy (non-hydrogen) atoms. The van der Waals surface area contributed by atoms with Crippen LogP contribution in [-0.2, 0) is 6.18 Å². The van der Waals surface area contributed by atoms with Gasteiger partial charge < -0.3 is 19.8 Å². The van der Waals surface area contributed by atoms with E-state index in [-0.39, 0.29) is 52.3 Å². The summed E-state index contributed by atoms with van der Waals surface area (Å²) >= 11 is 0. The maximum atomic E-state index is 14.3. The van der Waals surface area contributed by atoms with E-state index in [9.17, 15) is 22.4 Å². The van der Waals surface area contributed by atoms with Crippen LogP contribution in [0.25, 0.3) is 22.4 Å². The van der Waals surface area contributed by atoms with Gasteiger partial charge in [0.25, 0.3) is 0 Å². The highest BCUT2D eigenvalue weighted by Gasteiger charge is 2.49. The molecule has 9 nitrogen and oxygen atoms in total. The Morgan fingerprint density at radius 2 is 2.00 bits per heavy atom. The Bertz CT molecular complexity index is 1560. The van der Waals surface area contributed by atoms with Crippen LogP contribution in [0.4, 0.5) is 29.2 Å². The van der Waals surface area contributed by atoms with Crippen LogP contribution in [0, 0.1) is 13.8 Å². The van der Waals surface area contributed by atoms with E-state index in [1.54, 1.807) is 0 Å². The molecular weight excluding hydrogens is 532 g/mol. The number of anilines is 2. The number of fused-ring (bicyclic) bond motifs is 2. The Labute approximate surface area is 227 Å². The monoisotopic (exact) mass is 562 g/mol. The first-order chi connectivity index (χ1) is 18.9. The van der Waals surface area contributed by atoms with E-state index < -0.39 is 34.8 Å². The van der Waals surface area contributed by atoms with E-state index in [0.717, 1.165) is 31.9 Å². The maximum Gasteiger partial charge on any atom is 0.418 e. The lowest BCUT2D eigenvalue weighted by atomic mass is 9.95. The zero-order valence-corrected chi connectivity index (χ0v) is 22.4. The summed E-state index contributed by atoms with van der Waals surface area (Å²) in [5.74, 6) is -0.220. The Morgan fingerprint density at radius 3 is 2.67 bits per heavy atom. The number of hydrogen-bond donors (Lipinski definition) is 1. The second-order valence-corrected chi connectivity index (χ2v) is 11.2. The fourth-order valence-corrected chi connectivity index (χ4v) is 6.41. The minimum Gasteiger partial charge on any atom is -0.461 e. The van der Waals surface area contributed by atoms with E-state index in [2.05, 4.69) is 19.9 Å². The Kier molecular flexibility index (Phi) is 6.20. The number of nitrogens with two attached hydrogens (primary N) is 1. The molecule has 0 aromatic carbocycles. The smallest absolute Gasteiger partial charge is 0.418 e. The van der Waals surface area contributed by atoms with Crippen LogP contribution in [0.15, 0.2) is 15.3 Å². The first kappa shape index (κ1) is 26.7. The van der Waals surface area contributed by atoms with Crippen LogP contribution in [0.2, 0.25) is 0 Å². The van der Waals surface area contributed by atoms with Crippen molar-refractivity contribution in [3.63, 3.8) is 0 Å². The zero-order chi connectivity index (χ0) is 28.6. The quantitative estimate of drug-likeness (QED) is 0.452. The van der Waals surface area contributed by atoms with E-state index >= 15 is 0 Å². The molecule has 0 bridgehead atoms. The number of rotatable bonds is 5. The Morgan fingerprint density at radius 1 is 1.23 bits per heavy atom. The summed E-state index contributed by atoms with van der Waals surface area (Å²) in [6, 6.07) is 1.17. The SMILES string of the molecule is Cc1cc(N)nc(-c2oc(=O)c3c(N4CC[C@H]4C)nc(OC[C@@]45CCCN4C[C@H](F)C5)nc3c2C)c1C(F)(F)F. The maximum absolute atomic E-state index is 14.3. The van der Waals surface area contributed by atoms with Gasteiger partial charge in [-0.2, -0.15) is 23.1 Å². The first-order valence-electron chi connectivity index (χ1n) is 13.4. The molecule has 0 unspecified atom stereocenters. The number of pyridine rings is 1. The van der Waals surface area contributed by atoms with Crippen molar-refractivity contribution in [2.75, 3.05) is 36.9 Å². The van der Waals surface area contributed by atoms with E-state index in [1.165, 1.54) is 13.8 Å². The first-order valence-corrected chi connectivity index (χ1v) is 13.4. The van der Waals surface area contributed by atoms with Gasteiger partial charge >= 0.3 is 17.8 Å². The van der Waals surface area contributed by atoms with Crippen LogP contribution in [0.3, 0.4) is 0 Å². The van der Waals surface area contributed by atoms with Crippen molar-refractivity contribution >= 4 is 22.5 Å². The molecule has 13 heteroatoms. The third-order valence-corrected chi connectivity index (χ3v) is 8.52. The lowest BCUT2D eigenvalue weighted by Gasteiger charge is -2.40. The summed E-state index contributed by atoms with van der Waals surface area (Å²) in [6.07, 6.45) is -2.77. The summed E-state index contributed by atoms with van der Waals surface area (Å²) in [5, 5.41) is 0.0553. The molecule has 3 aromatic rings. The zero-order valence-electron chi connectivity index (χ0n) is 22.4. The summed E-state index contributed by atoms with van der Waals surface area (Å²) in [7, 11) is 0. The van der Waals surface area contributed by atoms with Crippen molar-refractivity contribution in [3.8, 4) is 17.5 Å². The third kappa shape index (κ3) is 4.25. The van der Waals surface area contributed by atoms with Crippen molar-refractivity contribution in [3.05, 3.63) is 33.2 Å². The van der Waals surface area contributed by atoms with Gasteiger partial charge in [0.2, 0.25) is 0 Å². The minimum atomic E-state index is -4.78. The molecular formula is C27H30F4N6O3. The largest absolute Gasteiger partial charge is 0.461 e. The van der Waals surface area contributed by atoms with Crippen LogP contribution < -0.4 is 21.0 Å². The van der Waals surface area contributed by atoms with Gasteiger partial charge in [0.15, 0.2) is 11.6 Å². The van der Waals surface area contributed by atoms with E-state index in [0.29, 0.717) is 25.3 Å². The van der Waals surface area contributed by atoms with Crippen molar-refractivity contribution in [1.29, 1.82) is 0 Å². The lowest BCUT2D eigenvalue weighted by molar-refractivity contribution is -0.137. The lowest BCUT2D eigenvalue weighted by Crippen LogP contribution is -2.47. The van der Waals surface area contributed by atoms with Gasteiger partial charge in [-0.05, 0) is 58.2 Å². The average molecular weight is 563 g/mol. The van der Waals surface area contributed by atoms with Crippen LogP contribution >= 0.6 is 0 Å². The number of aryl methyl sites for hydroxylation is 2. The standard InChI is InChI=1S/C27H30F4N6O3/c1-13-9-17(32)33-21(19(13)27(29,30)31)22-15(3)20-18(24(38)40-22)23(37-8-5-14(37)2)35-25(34-20)39-12-26-6-4-7-36(26)11-16(28)10-26/h9,14,16H,4-8,10-12H2,1-3H3,(H2,32,33)/t14-,16-,26+/m1/s1. The summed E-state index contributed by atoms with van der Waals surface area (Å²) in [5.41, 5.74) is 2.97. The summed E-state index contributed by atoms with van der Waals surface area (Å²) in [4.78, 5) is 30.4. The molecule has 0 amide bonds. The predicted octanol–water partition coefficient (Wildman–Crippen LogP) is 4.42. The Balaban J connectivity index is 1.51. The van der Waals surface area contributed by atoms with Crippen LogP contribution in [0.5, 0.6) is 6.01 Å². The fourth-order valence-electron chi connectivity index (χ4n) is 6.41. The number of nitrogens with zero attached hydrogens (tertiary/aromatic N) is 5. The second kappa shape index (κ2) is 9.28. The minimum absolute atomic E-state index is 0.0301. The molecule has 6 heterocycles. The van der Waals surface area contributed by atoms with Crippen molar-refractivity contribution in [1.82, 2.24) is 19.9 Å². The van der Waals surface area contributed by atoms with Gasteiger partial charge in [-0.3, -0.25) is 4.90 Å². The fraction of sp³-hybridized carbons (Fsp3) is 0.556. The number of nitrogen functional groups attached to an aromatic ring is 1. The van der Waals surface area contributed by atoms with Gasteiger partial charge in [0.05, 0.1) is 16.6 Å². The predicted molar refractivity (Wildman–Crippen MR) is 140 cm³/mol. The number of halogens is 4. The molecule has 214 valence electrons. The van der Waals surface area contributed by atoms with E-state index in [4.69, 9.17) is 14.9 Å². The van der Waals surface area contributed by atoms with Crippen LogP contribution in [-0.4, -0.2) is 63.8 Å². The molecule has 3 atom stereocenters. The van der Waals surface area contributed by atoms with Crippen LogP contribution in [0.1, 0.15) is 49.3 Å². The van der Waals surface area contributed by atoms with Crippen molar-refractivity contribution in [2.45, 2.75) is 70.4 Å². The molecule has 6 rings (SSSR count). The highest BCUT2D eigenvalue weighted by molar-refractivity contribution is 5.93. The molecule has 0 radical (unpaired) electrons. The van der Waals surface area contributed by atoms with Crippen molar-refractivity contribution in [2.24, 2.45) is 0 Å². The molecule has 3 aliphatic rings. The second-order valence-electron chi connectivity index (χ2n) is 11.2. The van der Waals surface area contributed by atoms with Gasteiger partial charge in [0.1, 0.15) is 29.7 Å². The molecule has 3 aromatic heterocycles. The highest BCUT2D eigenvalue weighted by atomic mass is 19.4. The van der Waals surface area contributed by atoms with E-state index in [1.807, 2.05) is 11.8 Å². The average Bonchev–Trinajstić information content (AvgIpc) is 3.38. The molecule has 2 N–H and O–H groups in total. The molecule has 0 spiro atoms. The van der Waals surface area contributed by atoms with Gasteiger partial charge in [0, 0.05) is 31.1 Å².